The van der Waals surface area contributed by atoms with Crippen molar-refractivity contribution in [1.82, 2.24) is 24.6 Å². The Kier molecular flexibility index (Phi) is 2.79. The van der Waals surface area contributed by atoms with Crippen molar-refractivity contribution in [2.75, 3.05) is 7.05 Å². The zero-order chi connectivity index (χ0) is 12.6. The summed E-state index contributed by atoms with van der Waals surface area (Å²) in [6.07, 6.45) is 3.68. The molecule has 92 valence electrons. The summed E-state index contributed by atoms with van der Waals surface area (Å²) in [4.78, 5) is 4.23. The molecule has 0 amide bonds. The van der Waals surface area contributed by atoms with Gasteiger partial charge in [0.25, 0.3) is 0 Å². The first-order valence-electron chi connectivity index (χ1n) is 5.68. The molecule has 0 aliphatic rings. The molecule has 0 radical (unpaired) electrons. The average molecular weight is 233 g/mol. The molecule has 17 heavy (non-hydrogen) atoms. The third-order valence-corrected chi connectivity index (χ3v) is 3.25. The van der Waals surface area contributed by atoms with Crippen molar-refractivity contribution in [2.45, 2.75) is 26.3 Å². The Labute approximate surface area is 101 Å². The van der Waals surface area contributed by atoms with Crippen molar-refractivity contribution in [3.63, 3.8) is 0 Å². The molecule has 1 N–H and O–H groups in total. The van der Waals surface area contributed by atoms with Gasteiger partial charge in [-0.25, -0.2) is 4.98 Å². The number of imidazole rings is 1. The maximum absolute atomic E-state index is 4.47. The maximum atomic E-state index is 4.47. The fraction of sp³-hybridized carbons (Fsp3) is 0.500. The number of rotatable bonds is 3. The zero-order valence-corrected chi connectivity index (χ0v) is 11.0. The van der Waals surface area contributed by atoms with Crippen LogP contribution in [-0.4, -0.2) is 26.4 Å². The molecule has 0 saturated heterocycles. The second kappa shape index (κ2) is 4.00. The molecular formula is C12H19N5. The number of aryl methyl sites for hydroxylation is 2. The van der Waals surface area contributed by atoms with Crippen LogP contribution in [0, 0.1) is 6.92 Å². The van der Waals surface area contributed by atoms with Gasteiger partial charge in [-0.15, -0.1) is 0 Å². The molecule has 0 fully saturated rings. The van der Waals surface area contributed by atoms with Crippen LogP contribution in [-0.2, 0) is 12.6 Å². The lowest BCUT2D eigenvalue weighted by atomic mass is 10.0. The van der Waals surface area contributed by atoms with Crippen LogP contribution in [0.15, 0.2) is 18.6 Å². The number of nitrogens with one attached hydrogen (secondary N) is 1. The third kappa shape index (κ3) is 1.98. The van der Waals surface area contributed by atoms with E-state index in [1.807, 2.05) is 36.5 Å². The first-order chi connectivity index (χ1) is 7.95. The van der Waals surface area contributed by atoms with Crippen LogP contribution in [0.1, 0.15) is 25.2 Å². The Balaban J connectivity index is 2.51. The summed E-state index contributed by atoms with van der Waals surface area (Å²) < 4.78 is 3.88. The smallest absolute Gasteiger partial charge is 0.160 e. The molecule has 0 bridgehead atoms. The standard InChI is InChI=1S/C12H19N5/c1-9-6-11(15-16(9)5)17-8-14-7-10(17)12(2,3)13-4/h6-8,13H,1-5H3. The molecule has 5 nitrogen and oxygen atoms in total. The molecule has 0 saturated carbocycles. The Morgan fingerprint density at radius 2 is 2.06 bits per heavy atom. The van der Waals surface area contributed by atoms with Crippen LogP contribution in [0.4, 0.5) is 0 Å². The first-order valence-corrected chi connectivity index (χ1v) is 5.68. The van der Waals surface area contributed by atoms with E-state index >= 15 is 0 Å². The van der Waals surface area contributed by atoms with Gasteiger partial charge in [-0.1, -0.05) is 0 Å². The predicted octanol–water partition coefficient (Wildman–Crippen LogP) is 1.37. The summed E-state index contributed by atoms with van der Waals surface area (Å²) in [5, 5.41) is 7.75. The number of nitrogens with zero attached hydrogens (tertiary/aromatic N) is 4. The van der Waals surface area contributed by atoms with Crippen LogP contribution in [0.2, 0.25) is 0 Å². The molecule has 2 aromatic heterocycles. The van der Waals surface area contributed by atoms with Crippen molar-refractivity contribution in [1.29, 1.82) is 0 Å². The van der Waals surface area contributed by atoms with E-state index in [1.165, 1.54) is 0 Å². The molecule has 2 rings (SSSR count). The second-order valence-electron chi connectivity index (χ2n) is 4.79. The average Bonchev–Trinajstić information content (AvgIpc) is 2.87. The van der Waals surface area contributed by atoms with Crippen molar-refractivity contribution in [3.05, 3.63) is 30.0 Å². The van der Waals surface area contributed by atoms with Crippen molar-refractivity contribution >= 4 is 0 Å². The highest BCUT2D eigenvalue weighted by atomic mass is 15.3. The van der Waals surface area contributed by atoms with E-state index < -0.39 is 0 Å². The van der Waals surface area contributed by atoms with Crippen molar-refractivity contribution < 1.29 is 0 Å². The molecule has 0 aliphatic heterocycles. The lowest BCUT2D eigenvalue weighted by Crippen LogP contribution is -2.35. The van der Waals surface area contributed by atoms with Gasteiger partial charge in [-0.2, -0.15) is 5.10 Å². The SMILES string of the molecule is CNC(C)(C)c1cncn1-c1cc(C)n(C)n1. The lowest BCUT2D eigenvalue weighted by molar-refractivity contribution is 0.423. The maximum Gasteiger partial charge on any atom is 0.160 e. The summed E-state index contributed by atoms with van der Waals surface area (Å²) in [6.45, 7) is 6.28. The number of hydrogen-bond donors (Lipinski definition) is 1. The van der Waals surface area contributed by atoms with E-state index in [0.29, 0.717) is 0 Å². The second-order valence-corrected chi connectivity index (χ2v) is 4.79. The molecule has 0 spiro atoms. The highest BCUT2D eigenvalue weighted by Crippen LogP contribution is 2.22. The normalized spacial score (nSPS) is 12.1. The van der Waals surface area contributed by atoms with E-state index in [2.05, 4.69) is 35.3 Å². The Bertz CT molecular complexity index is 501. The first kappa shape index (κ1) is 11.9. The lowest BCUT2D eigenvalue weighted by Gasteiger charge is -2.24. The zero-order valence-electron chi connectivity index (χ0n) is 11.0. The van der Waals surface area contributed by atoms with Crippen LogP contribution in [0.5, 0.6) is 0 Å². The Hall–Kier alpha value is -1.62. The molecule has 2 heterocycles. The van der Waals surface area contributed by atoms with Crippen molar-refractivity contribution in [2.24, 2.45) is 7.05 Å². The van der Waals surface area contributed by atoms with Gasteiger partial charge in [0.15, 0.2) is 5.82 Å². The van der Waals surface area contributed by atoms with E-state index in [4.69, 9.17) is 0 Å². The molecular weight excluding hydrogens is 214 g/mol. The van der Waals surface area contributed by atoms with Crippen LogP contribution in [0.25, 0.3) is 5.82 Å². The summed E-state index contributed by atoms with van der Waals surface area (Å²) in [5.74, 6) is 0.904. The molecule has 0 aromatic carbocycles. The molecule has 0 atom stereocenters. The quantitative estimate of drug-likeness (QED) is 0.871. The molecule has 2 aromatic rings. The van der Waals surface area contributed by atoms with Crippen molar-refractivity contribution in [3.8, 4) is 5.82 Å². The number of aromatic nitrogens is 4. The summed E-state index contributed by atoms with van der Waals surface area (Å²) in [6, 6.07) is 2.05. The van der Waals surface area contributed by atoms with E-state index in [0.717, 1.165) is 17.2 Å². The number of hydrogen-bond acceptors (Lipinski definition) is 3. The highest BCUT2D eigenvalue weighted by Gasteiger charge is 2.23. The van der Waals surface area contributed by atoms with Gasteiger partial charge >= 0.3 is 0 Å². The molecule has 5 heteroatoms. The van der Waals surface area contributed by atoms with Gasteiger partial charge < -0.3 is 5.32 Å². The highest BCUT2D eigenvalue weighted by molar-refractivity contribution is 5.29. The van der Waals surface area contributed by atoms with Crippen LogP contribution >= 0.6 is 0 Å². The van der Waals surface area contributed by atoms with E-state index in [1.54, 1.807) is 6.33 Å². The molecule has 0 aliphatic carbocycles. The Morgan fingerprint density at radius 3 is 2.59 bits per heavy atom. The minimum Gasteiger partial charge on any atom is -0.310 e. The van der Waals surface area contributed by atoms with E-state index in [9.17, 15) is 0 Å². The van der Waals surface area contributed by atoms with Crippen LogP contribution < -0.4 is 5.32 Å². The van der Waals surface area contributed by atoms with Gasteiger partial charge in [0.05, 0.1) is 17.4 Å². The predicted molar refractivity (Wildman–Crippen MR) is 67.2 cm³/mol. The van der Waals surface area contributed by atoms with Gasteiger partial charge in [-0.3, -0.25) is 9.25 Å². The minimum absolute atomic E-state index is 0.137. The third-order valence-electron chi connectivity index (χ3n) is 3.25. The summed E-state index contributed by atoms with van der Waals surface area (Å²) in [5.41, 5.74) is 2.09. The minimum atomic E-state index is -0.137. The van der Waals surface area contributed by atoms with E-state index in [-0.39, 0.29) is 5.54 Å². The van der Waals surface area contributed by atoms with Gasteiger partial charge in [0.2, 0.25) is 0 Å². The van der Waals surface area contributed by atoms with Gasteiger partial charge in [0, 0.05) is 18.8 Å². The summed E-state index contributed by atoms with van der Waals surface area (Å²) in [7, 11) is 3.89. The van der Waals surface area contributed by atoms with Crippen LogP contribution in [0.3, 0.4) is 0 Å². The molecule has 0 unspecified atom stereocenters. The topological polar surface area (TPSA) is 47.7 Å². The Morgan fingerprint density at radius 1 is 1.35 bits per heavy atom. The largest absolute Gasteiger partial charge is 0.310 e. The van der Waals surface area contributed by atoms with Gasteiger partial charge in [-0.05, 0) is 27.8 Å². The fourth-order valence-electron chi connectivity index (χ4n) is 1.73. The fourth-order valence-corrected chi connectivity index (χ4v) is 1.73. The van der Waals surface area contributed by atoms with Gasteiger partial charge in [0.1, 0.15) is 6.33 Å². The summed E-state index contributed by atoms with van der Waals surface area (Å²) >= 11 is 0. The monoisotopic (exact) mass is 233 g/mol.